The van der Waals surface area contributed by atoms with Crippen LogP contribution in [0.1, 0.15) is 72.0 Å². The molecule has 1 aliphatic heterocycles. The van der Waals surface area contributed by atoms with E-state index in [2.05, 4.69) is 10.3 Å². The third kappa shape index (κ3) is 4.62. The second kappa shape index (κ2) is 9.55. The van der Waals surface area contributed by atoms with Gasteiger partial charge in [-0.1, -0.05) is 49.4 Å². The van der Waals surface area contributed by atoms with Gasteiger partial charge in [-0.15, -0.1) is 0 Å². The molecule has 1 aliphatic carbocycles. The van der Waals surface area contributed by atoms with E-state index >= 15 is 0 Å². The first kappa shape index (κ1) is 23.3. The monoisotopic (exact) mass is 472 g/mol. The number of rotatable bonds is 5. The highest BCUT2D eigenvalue weighted by Crippen LogP contribution is 2.31. The van der Waals surface area contributed by atoms with Gasteiger partial charge in [-0.3, -0.25) is 9.59 Å². The molecule has 2 aliphatic rings. The van der Waals surface area contributed by atoms with E-state index in [1.165, 1.54) is 31.2 Å². The summed E-state index contributed by atoms with van der Waals surface area (Å²) in [6.45, 7) is 2.15. The number of ether oxygens (including phenoxy) is 1. The van der Waals surface area contributed by atoms with Gasteiger partial charge < -0.3 is 19.5 Å². The number of imidazole rings is 1. The Balaban J connectivity index is 1.69. The fourth-order valence-corrected chi connectivity index (χ4v) is 4.85. The van der Waals surface area contributed by atoms with Crippen molar-refractivity contribution in [3.05, 3.63) is 52.6 Å². The molecular formula is C24H29ClN4O4. The van der Waals surface area contributed by atoms with Crippen LogP contribution in [0.15, 0.2) is 30.6 Å². The van der Waals surface area contributed by atoms with Gasteiger partial charge in [0.25, 0.3) is 5.91 Å². The first-order valence-corrected chi connectivity index (χ1v) is 11.7. The number of aromatic nitrogens is 2. The van der Waals surface area contributed by atoms with Crippen molar-refractivity contribution in [3.63, 3.8) is 0 Å². The molecular weight excluding hydrogens is 444 g/mol. The number of halogens is 1. The van der Waals surface area contributed by atoms with Crippen LogP contribution in [0.2, 0.25) is 5.02 Å². The molecule has 0 saturated heterocycles. The number of esters is 1. The van der Waals surface area contributed by atoms with Crippen molar-refractivity contribution in [2.45, 2.75) is 70.1 Å². The molecule has 0 bridgehead atoms. The summed E-state index contributed by atoms with van der Waals surface area (Å²) in [5.74, 6) is -1.32. The van der Waals surface area contributed by atoms with Crippen LogP contribution in [0.3, 0.4) is 0 Å². The first-order chi connectivity index (χ1) is 15.8. The number of nitrogens with zero attached hydrogens (tertiary/aromatic N) is 3. The molecule has 0 radical (unpaired) electrons. The third-order valence-corrected chi connectivity index (χ3v) is 6.92. The maximum Gasteiger partial charge on any atom is 0.359 e. The Morgan fingerprint density at radius 3 is 2.48 bits per heavy atom. The highest BCUT2D eigenvalue weighted by Gasteiger charge is 2.49. The summed E-state index contributed by atoms with van der Waals surface area (Å²) in [5, 5.41) is 3.79. The van der Waals surface area contributed by atoms with Crippen LogP contribution in [0.25, 0.3) is 0 Å². The Kier molecular flexibility index (Phi) is 6.74. The quantitative estimate of drug-likeness (QED) is 0.530. The minimum Gasteiger partial charge on any atom is -0.464 e. The lowest BCUT2D eigenvalue weighted by Crippen LogP contribution is -2.64. The van der Waals surface area contributed by atoms with Crippen molar-refractivity contribution in [1.82, 2.24) is 19.8 Å². The summed E-state index contributed by atoms with van der Waals surface area (Å²) in [6, 6.07) is 7.24. The minimum absolute atomic E-state index is 0.0465. The zero-order valence-electron chi connectivity index (χ0n) is 19.0. The molecule has 1 saturated carbocycles. The van der Waals surface area contributed by atoms with E-state index in [1.54, 1.807) is 23.6 Å². The second-order valence-electron chi connectivity index (χ2n) is 9.01. The molecule has 1 atom stereocenters. The molecule has 1 N–H and O–H groups in total. The van der Waals surface area contributed by atoms with Crippen LogP contribution in [0.4, 0.5) is 0 Å². The van der Waals surface area contributed by atoms with E-state index in [0.717, 1.165) is 31.2 Å². The SMILES string of the molecule is COC(=O)c1ncn2c1C(=O)N(Cc1ccc(Cl)cc1)[C@@](C)(C(=O)NC1CCCCCC1)C2. The van der Waals surface area contributed by atoms with Gasteiger partial charge in [-0.05, 0) is 37.5 Å². The molecule has 1 aromatic carbocycles. The van der Waals surface area contributed by atoms with E-state index in [0.29, 0.717) is 5.02 Å². The summed E-state index contributed by atoms with van der Waals surface area (Å²) in [7, 11) is 1.25. The largest absolute Gasteiger partial charge is 0.464 e. The van der Waals surface area contributed by atoms with Crippen molar-refractivity contribution < 1.29 is 19.1 Å². The molecule has 1 fully saturated rings. The standard InChI is InChI=1S/C24H29ClN4O4/c1-24(23(32)27-18-7-5-3-4-6-8-18)14-28-15-26-19(22(31)33-2)20(28)21(30)29(24)13-16-9-11-17(25)12-10-16/h9-12,15,18H,3-8,13-14H2,1-2H3,(H,27,32)/t24-/m1/s1. The van der Waals surface area contributed by atoms with Gasteiger partial charge in [0, 0.05) is 17.6 Å². The first-order valence-electron chi connectivity index (χ1n) is 11.3. The number of carbonyl (C=O) groups excluding carboxylic acids is 3. The highest BCUT2D eigenvalue weighted by molar-refractivity contribution is 6.30. The fourth-order valence-electron chi connectivity index (χ4n) is 4.72. The van der Waals surface area contributed by atoms with Crippen molar-refractivity contribution in [3.8, 4) is 0 Å². The smallest absolute Gasteiger partial charge is 0.359 e. The highest BCUT2D eigenvalue weighted by atomic mass is 35.5. The number of hydrogen-bond donors (Lipinski definition) is 1. The fraction of sp³-hybridized carbons (Fsp3) is 0.500. The third-order valence-electron chi connectivity index (χ3n) is 6.67. The van der Waals surface area contributed by atoms with E-state index in [-0.39, 0.29) is 36.4 Å². The molecule has 2 heterocycles. The molecule has 9 heteroatoms. The molecule has 0 unspecified atom stereocenters. The Bertz CT molecular complexity index is 1040. The summed E-state index contributed by atoms with van der Waals surface area (Å²) < 4.78 is 6.39. The second-order valence-corrected chi connectivity index (χ2v) is 9.45. The average Bonchev–Trinajstić information content (AvgIpc) is 3.05. The van der Waals surface area contributed by atoms with Crippen LogP contribution in [-0.4, -0.2) is 50.9 Å². The van der Waals surface area contributed by atoms with E-state index in [9.17, 15) is 14.4 Å². The number of hydrogen-bond acceptors (Lipinski definition) is 5. The number of methoxy groups -OCH3 is 1. The lowest BCUT2D eigenvalue weighted by Gasteiger charge is -2.44. The molecule has 8 nitrogen and oxygen atoms in total. The molecule has 33 heavy (non-hydrogen) atoms. The van der Waals surface area contributed by atoms with Crippen LogP contribution in [0, 0.1) is 0 Å². The topological polar surface area (TPSA) is 93.5 Å². The number of fused-ring (bicyclic) bond motifs is 1. The van der Waals surface area contributed by atoms with Gasteiger partial charge >= 0.3 is 5.97 Å². The van der Waals surface area contributed by atoms with Crippen molar-refractivity contribution in [2.75, 3.05) is 7.11 Å². The van der Waals surface area contributed by atoms with Gasteiger partial charge in [0.15, 0.2) is 5.69 Å². The van der Waals surface area contributed by atoms with Crippen LogP contribution in [0.5, 0.6) is 0 Å². The predicted octanol–water partition coefficient (Wildman–Crippen LogP) is 3.58. The molecule has 2 amide bonds. The number of carbonyl (C=O) groups is 3. The van der Waals surface area contributed by atoms with E-state index < -0.39 is 17.4 Å². The summed E-state index contributed by atoms with van der Waals surface area (Å²) in [5.41, 5.74) is -0.247. The van der Waals surface area contributed by atoms with Gasteiger partial charge in [0.2, 0.25) is 5.91 Å². The summed E-state index contributed by atoms with van der Waals surface area (Å²) >= 11 is 6.03. The Hall–Kier alpha value is -2.87. The normalized spacial score (nSPS) is 21.3. The van der Waals surface area contributed by atoms with Crippen molar-refractivity contribution in [2.24, 2.45) is 0 Å². The number of nitrogens with one attached hydrogen (secondary N) is 1. The molecule has 176 valence electrons. The van der Waals surface area contributed by atoms with Gasteiger partial charge in [-0.25, -0.2) is 9.78 Å². The molecule has 1 aromatic heterocycles. The summed E-state index contributed by atoms with van der Waals surface area (Å²) in [6.07, 6.45) is 7.84. The Labute approximate surface area is 198 Å². The zero-order valence-corrected chi connectivity index (χ0v) is 19.7. The van der Waals surface area contributed by atoms with E-state index in [4.69, 9.17) is 16.3 Å². The number of amides is 2. The van der Waals surface area contributed by atoms with Gasteiger partial charge in [0.1, 0.15) is 11.2 Å². The lowest BCUT2D eigenvalue weighted by molar-refractivity contribution is -0.134. The molecule has 0 spiro atoms. The number of benzene rings is 1. The van der Waals surface area contributed by atoms with Gasteiger partial charge in [-0.2, -0.15) is 0 Å². The average molecular weight is 473 g/mol. The minimum atomic E-state index is -1.16. The molecule has 2 aromatic rings. The van der Waals surface area contributed by atoms with Crippen LogP contribution < -0.4 is 5.32 Å². The van der Waals surface area contributed by atoms with Crippen LogP contribution in [-0.2, 0) is 22.6 Å². The van der Waals surface area contributed by atoms with Crippen molar-refractivity contribution in [1.29, 1.82) is 0 Å². The Morgan fingerprint density at radius 2 is 1.85 bits per heavy atom. The molecule has 4 rings (SSSR count). The van der Waals surface area contributed by atoms with E-state index in [1.807, 2.05) is 12.1 Å². The lowest BCUT2D eigenvalue weighted by atomic mass is 9.92. The predicted molar refractivity (Wildman–Crippen MR) is 123 cm³/mol. The van der Waals surface area contributed by atoms with Crippen LogP contribution >= 0.6 is 11.6 Å². The zero-order chi connectivity index (χ0) is 23.6. The van der Waals surface area contributed by atoms with Gasteiger partial charge in [0.05, 0.1) is 20.0 Å². The Morgan fingerprint density at radius 1 is 1.18 bits per heavy atom. The van der Waals surface area contributed by atoms with Crippen molar-refractivity contribution >= 4 is 29.4 Å². The maximum absolute atomic E-state index is 13.7. The maximum atomic E-state index is 13.7. The summed E-state index contributed by atoms with van der Waals surface area (Å²) in [4.78, 5) is 45.2.